The summed E-state index contributed by atoms with van der Waals surface area (Å²) in [5.74, 6) is 0.593. The Kier molecular flexibility index (Phi) is 4.77. The van der Waals surface area contributed by atoms with E-state index in [1.54, 1.807) is 13.3 Å². The van der Waals surface area contributed by atoms with Crippen molar-refractivity contribution in [2.45, 2.75) is 18.9 Å². The maximum atomic E-state index is 12.9. The number of likely N-dealkylation sites (tertiary alicyclic amines) is 1. The van der Waals surface area contributed by atoms with Crippen LogP contribution in [0, 0.1) is 0 Å². The van der Waals surface area contributed by atoms with Crippen LogP contribution in [0.1, 0.15) is 23.2 Å². The number of benzene rings is 2. The molecule has 1 amide bonds. The number of aromatic nitrogens is 1. The van der Waals surface area contributed by atoms with Gasteiger partial charge in [-0.05, 0) is 53.6 Å². The van der Waals surface area contributed by atoms with Gasteiger partial charge in [0.2, 0.25) is 0 Å². The van der Waals surface area contributed by atoms with Crippen molar-refractivity contribution in [1.29, 1.82) is 0 Å². The standard InChI is InChI=1S/C22H23N3O2/c1-27-19-8-11-25(12-9-19)22(26)18-4-2-3-16(13-18)17-6-5-15-7-10-24-21(23)20(15)14-17/h2-7,10,13-14,19H,8-9,11-12H2,1H3,(H2,23,24). The van der Waals surface area contributed by atoms with Gasteiger partial charge >= 0.3 is 0 Å². The summed E-state index contributed by atoms with van der Waals surface area (Å²) < 4.78 is 5.39. The minimum absolute atomic E-state index is 0.0772. The van der Waals surface area contributed by atoms with Gasteiger partial charge in [-0.15, -0.1) is 0 Å². The molecule has 1 aromatic heterocycles. The number of rotatable bonds is 3. The van der Waals surface area contributed by atoms with E-state index < -0.39 is 0 Å². The second kappa shape index (κ2) is 7.37. The Labute approximate surface area is 158 Å². The fourth-order valence-electron chi connectivity index (χ4n) is 3.68. The van der Waals surface area contributed by atoms with E-state index >= 15 is 0 Å². The molecule has 0 bridgehead atoms. The van der Waals surface area contributed by atoms with Gasteiger partial charge in [0, 0.05) is 37.3 Å². The number of nitrogens with two attached hydrogens (primary N) is 1. The first kappa shape index (κ1) is 17.5. The summed E-state index contributed by atoms with van der Waals surface area (Å²) >= 11 is 0. The Morgan fingerprint density at radius 3 is 2.67 bits per heavy atom. The van der Waals surface area contributed by atoms with Gasteiger partial charge in [-0.25, -0.2) is 4.98 Å². The molecule has 5 nitrogen and oxygen atoms in total. The van der Waals surface area contributed by atoms with E-state index in [4.69, 9.17) is 10.5 Å². The van der Waals surface area contributed by atoms with E-state index in [9.17, 15) is 4.79 Å². The number of piperidine rings is 1. The SMILES string of the molecule is COC1CCN(C(=O)c2cccc(-c3ccc4ccnc(N)c4c3)c2)CC1. The number of nitrogen functional groups attached to an aromatic ring is 1. The van der Waals surface area contributed by atoms with Crippen molar-refractivity contribution in [2.75, 3.05) is 25.9 Å². The Hall–Kier alpha value is -2.92. The summed E-state index contributed by atoms with van der Waals surface area (Å²) in [6, 6.07) is 15.8. The second-order valence-corrected chi connectivity index (χ2v) is 6.94. The number of amides is 1. The number of anilines is 1. The van der Waals surface area contributed by atoms with Crippen molar-refractivity contribution in [3.05, 3.63) is 60.3 Å². The van der Waals surface area contributed by atoms with Gasteiger partial charge in [0.15, 0.2) is 0 Å². The Morgan fingerprint density at radius 1 is 1.11 bits per heavy atom. The molecule has 2 heterocycles. The average molecular weight is 361 g/mol. The molecule has 0 aliphatic carbocycles. The lowest BCUT2D eigenvalue weighted by Gasteiger charge is -2.31. The van der Waals surface area contributed by atoms with Gasteiger partial charge in [0.25, 0.3) is 5.91 Å². The molecule has 1 aliphatic heterocycles. The minimum Gasteiger partial charge on any atom is -0.383 e. The number of hydrogen-bond acceptors (Lipinski definition) is 4. The van der Waals surface area contributed by atoms with Gasteiger partial charge in [-0.2, -0.15) is 0 Å². The van der Waals surface area contributed by atoms with Crippen molar-refractivity contribution in [1.82, 2.24) is 9.88 Å². The maximum Gasteiger partial charge on any atom is 0.253 e. The molecule has 2 N–H and O–H groups in total. The zero-order chi connectivity index (χ0) is 18.8. The zero-order valence-corrected chi connectivity index (χ0v) is 15.4. The van der Waals surface area contributed by atoms with Gasteiger partial charge in [0.05, 0.1) is 6.10 Å². The molecule has 4 rings (SSSR count). The molecule has 2 aromatic carbocycles. The van der Waals surface area contributed by atoms with Gasteiger partial charge < -0.3 is 15.4 Å². The number of carbonyl (C=O) groups excluding carboxylic acids is 1. The fraction of sp³-hybridized carbons (Fsp3) is 0.273. The molecule has 1 saturated heterocycles. The van der Waals surface area contributed by atoms with Crippen LogP contribution in [0.25, 0.3) is 21.9 Å². The van der Waals surface area contributed by atoms with Crippen LogP contribution in [0.2, 0.25) is 0 Å². The highest BCUT2D eigenvalue weighted by Gasteiger charge is 2.23. The normalized spacial score (nSPS) is 15.2. The monoisotopic (exact) mass is 361 g/mol. The molecule has 27 heavy (non-hydrogen) atoms. The van der Waals surface area contributed by atoms with Crippen molar-refractivity contribution in [2.24, 2.45) is 0 Å². The first-order valence-corrected chi connectivity index (χ1v) is 9.22. The van der Waals surface area contributed by atoms with E-state index in [0.717, 1.165) is 47.8 Å². The zero-order valence-electron chi connectivity index (χ0n) is 15.4. The minimum atomic E-state index is 0.0772. The average Bonchev–Trinajstić information content (AvgIpc) is 2.73. The predicted molar refractivity (Wildman–Crippen MR) is 108 cm³/mol. The predicted octanol–water partition coefficient (Wildman–Crippen LogP) is 3.74. The Balaban J connectivity index is 1.61. The van der Waals surface area contributed by atoms with Gasteiger partial charge in [-0.3, -0.25) is 4.79 Å². The molecule has 0 radical (unpaired) electrons. The van der Waals surface area contributed by atoms with Crippen LogP contribution >= 0.6 is 0 Å². The van der Waals surface area contributed by atoms with Crippen LogP contribution in [-0.4, -0.2) is 42.1 Å². The summed E-state index contributed by atoms with van der Waals surface area (Å²) in [7, 11) is 1.73. The van der Waals surface area contributed by atoms with E-state index in [2.05, 4.69) is 11.1 Å². The molecule has 1 fully saturated rings. The van der Waals surface area contributed by atoms with E-state index in [1.165, 1.54) is 0 Å². The molecule has 0 unspecified atom stereocenters. The molecule has 1 aliphatic rings. The maximum absolute atomic E-state index is 12.9. The van der Waals surface area contributed by atoms with Crippen LogP contribution in [-0.2, 0) is 4.74 Å². The van der Waals surface area contributed by atoms with E-state index in [1.807, 2.05) is 47.4 Å². The third-order valence-electron chi connectivity index (χ3n) is 5.30. The van der Waals surface area contributed by atoms with Crippen LogP contribution in [0.3, 0.4) is 0 Å². The quantitative estimate of drug-likeness (QED) is 0.772. The molecular formula is C22H23N3O2. The molecule has 0 atom stereocenters. The lowest BCUT2D eigenvalue weighted by Crippen LogP contribution is -2.40. The highest BCUT2D eigenvalue weighted by atomic mass is 16.5. The smallest absolute Gasteiger partial charge is 0.253 e. The first-order chi connectivity index (χ1) is 13.2. The van der Waals surface area contributed by atoms with Crippen molar-refractivity contribution in [3.8, 4) is 11.1 Å². The summed E-state index contributed by atoms with van der Waals surface area (Å²) in [6.07, 6.45) is 3.75. The third-order valence-corrected chi connectivity index (χ3v) is 5.30. The molecule has 0 saturated carbocycles. The highest BCUT2D eigenvalue weighted by Crippen LogP contribution is 2.28. The highest BCUT2D eigenvalue weighted by molar-refractivity contribution is 5.97. The fourth-order valence-corrected chi connectivity index (χ4v) is 3.68. The topological polar surface area (TPSA) is 68.5 Å². The lowest BCUT2D eigenvalue weighted by atomic mass is 9.99. The number of pyridine rings is 1. The van der Waals surface area contributed by atoms with Crippen molar-refractivity contribution >= 4 is 22.5 Å². The molecule has 3 aromatic rings. The number of fused-ring (bicyclic) bond motifs is 1. The van der Waals surface area contributed by atoms with Crippen LogP contribution < -0.4 is 5.73 Å². The summed E-state index contributed by atoms with van der Waals surface area (Å²) in [4.78, 5) is 19.0. The third kappa shape index (κ3) is 3.51. The summed E-state index contributed by atoms with van der Waals surface area (Å²) in [5, 5.41) is 1.98. The van der Waals surface area contributed by atoms with E-state index in [-0.39, 0.29) is 12.0 Å². The number of ether oxygens (including phenoxy) is 1. The lowest BCUT2D eigenvalue weighted by molar-refractivity contribution is 0.0351. The van der Waals surface area contributed by atoms with Crippen molar-refractivity contribution < 1.29 is 9.53 Å². The molecular weight excluding hydrogens is 338 g/mol. The summed E-state index contributed by atoms with van der Waals surface area (Å²) in [5.41, 5.74) is 8.75. The van der Waals surface area contributed by atoms with E-state index in [0.29, 0.717) is 11.4 Å². The van der Waals surface area contributed by atoms with Crippen molar-refractivity contribution in [3.63, 3.8) is 0 Å². The first-order valence-electron chi connectivity index (χ1n) is 9.22. The van der Waals surface area contributed by atoms with Crippen LogP contribution in [0.5, 0.6) is 0 Å². The number of hydrogen-bond donors (Lipinski definition) is 1. The van der Waals surface area contributed by atoms with Gasteiger partial charge in [0.1, 0.15) is 5.82 Å². The summed E-state index contributed by atoms with van der Waals surface area (Å²) in [6.45, 7) is 1.47. The second-order valence-electron chi connectivity index (χ2n) is 6.94. The Bertz CT molecular complexity index is 978. The number of carbonyl (C=O) groups is 1. The molecule has 138 valence electrons. The Morgan fingerprint density at radius 2 is 1.89 bits per heavy atom. The number of methoxy groups -OCH3 is 1. The molecule has 0 spiro atoms. The van der Waals surface area contributed by atoms with Crippen LogP contribution in [0.15, 0.2) is 54.7 Å². The largest absolute Gasteiger partial charge is 0.383 e. The number of nitrogens with zero attached hydrogens (tertiary/aromatic N) is 2. The van der Waals surface area contributed by atoms with Gasteiger partial charge in [-0.1, -0.05) is 24.3 Å². The van der Waals surface area contributed by atoms with Crippen LogP contribution in [0.4, 0.5) is 5.82 Å². The molecule has 5 heteroatoms.